The van der Waals surface area contributed by atoms with Crippen molar-refractivity contribution in [3.8, 4) is 0 Å². The minimum atomic E-state index is -3.61. The highest BCUT2D eigenvalue weighted by Gasteiger charge is 2.26. The highest BCUT2D eigenvalue weighted by atomic mass is 32.2. The van der Waals surface area contributed by atoms with E-state index in [0.717, 1.165) is 19.3 Å². The molecular weight excluding hydrogens is 382 g/mol. The Balaban J connectivity index is 1.91. The number of carbonyl (C=O) groups excluding carboxylic acids is 1. The van der Waals surface area contributed by atoms with E-state index < -0.39 is 14.9 Å². The average Bonchev–Trinajstić information content (AvgIpc) is 2.69. The first-order chi connectivity index (χ1) is 13.3. The van der Waals surface area contributed by atoms with Gasteiger partial charge in [-0.1, -0.05) is 12.5 Å². The van der Waals surface area contributed by atoms with Crippen molar-refractivity contribution >= 4 is 32.9 Å². The van der Waals surface area contributed by atoms with Crippen LogP contribution in [0.1, 0.15) is 36.5 Å². The lowest BCUT2D eigenvalue weighted by molar-refractivity contribution is -0.383. The summed E-state index contributed by atoms with van der Waals surface area (Å²) in [6.45, 7) is 2.33. The van der Waals surface area contributed by atoms with E-state index >= 15 is 0 Å². The van der Waals surface area contributed by atoms with E-state index in [0.29, 0.717) is 18.8 Å². The normalized spacial score (nSPS) is 15.2. The van der Waals surface area contributed by atoms with Crippen molar-refractivity contribution in [3.63, 3.8) is 0 Å². The number of nitro benzene ring substituents is 1. The predicted molar refractivity (Wildman–Crippen MR) is 105 cm³/mol. The van der Waals surface area contributed by atoms with Crippen LogP contribution in [0.3, 0.4) is 0 Å². The lowest BCUT2D eigenvalue weighted by Gasteiger charge is -2.26. The molecule has 0 radical (unpaired) electrons. The van der Waals surface area contributed by atoms with Crippen molar-refractivity contribution < 1.29 is 18.1 Å². The number of rotatable bonds is 6. The highest BCUT2D eigenvalue weighted by molar-refractivity contribution is 7.89. The molecule has 0 unspecified atom stereocenters. The number of hydrogen-bond acceptors (Lipinski definition) is 6. The molecule has 0 bridgehead atoms. The van der Waals surface area contributed by atoms with Crippen LogP contribution < -0.4 is 5.32 Å². The van der Waals surface area contributed by atoms with Crippen molar-refractivity contribution in [3.05, 3.63) is 58.1 Å². The number of nitrogens with zero attached hydrogens (tertiary/aromatic N) is 2. The number of piperidine rings is 1. The van der Waals surface area contributed by atoms with Crippen LogP contribution in [0.25, 0.3) is 0 Å². The molecular formula is C19H21N3O5S. The van der Waals surface area contributed by atoms with Crippen LogP contribution in [0.4, 0.5) is 17.1 Å². The number of nitro groups is 1. The third kappa shape index (κ3) is 4.20. The molecule has 1 heterocycles. The first kappa shape index (κ1) is 20.0. The third-order valence-electron chi connectivity index (χ3n) is 4.67. The first-order valence-electron chi connectivity index (χ1n) is 8.95. The lowest BCUT2D eigenvalue weighted by Crippen LogP contribution is -2.35. The topological polar surface area (TPSA) is 110 Å². The lowest BCUT2D eigenvalue weighted by atomic mass is 10.1. The number of benzene rings is 2. The molecule has 28 heavy (non-hydrogen) atoms. The van der Waals surface area contributed by atoms with Crippen molar-refractivity contribution in [1.29, 1.82) is 0 Å². The Hall–Kier alpha value is -2.78. The molecule has 1 saturated heterocycles. The molecule has 0 amide bonds. The third-order valence-corrected chi connectivity index (χ3v) is 6.56. The highest BCUT2D eigenvalue weighted by Crippen LogP contribution is 2.30. The zero-order valence-corrected chi connectivity index (χ0v) is 16.2. The first-order valence-corrected chi connectivity index (χ1v) is 10.4. The second-order valence-corrected chi connectivity index (χ2v) is 8.60. The minimum Gasteiger partial charge on any atom is -0.350 e. The van der Waals surface area contributed by atoms with E-state index in [2.05, 4.69) is 5.32 Å². The summed E-state index contributed by atoms with van der Waals surface area (Å²) >= 11 is 0. The fourth-order valence-electron chi connectivity index (χ4n) is 3.15. The quantitative estimate of drug-likeness (QED) is 0.447. The number of hydrogen-bond donors (Lipinski definition) is 1. The fourth-order valence-corrected chi connectivity index (χ4v) is 4.72. The van der Waals surface area contributed by atoms with Gasteiger partial charge in [0.25, 0.3) is 5.69 Å². The molecule has 0 spiro atoms. The number of sulfonamides is 1. The van der Waals surface area contributed by atoms with Crippen LogP contribution in [0.15, 0.2) is 47.4 Å². The molecule has 1 aliphatic rings. The predicted octanol–water partition coefficient (Wildman–Crippen LogP) is 3.72. The molecule has 0 atom stereocenters. The van der Waals surface area contributed by atoms with Gasteiger partial charge in [-0.05, 0) is 50.1 Å². The molecule has 3 rings (SSSR count). The summed E-state index contributed by atoms with van der Waals surface area (Å²) in [7, 11) is -3.61. The van der Waals surface area contributed by atoms with Crippen LogP contribution >= 0.6 is 0 Å². The molecule has 0 aromatic heterocycles. The summed E-state index contributed by atoms with van der Waals surface area (Å²) in [6, 6.07) is 10.4. The molecule has 1 aliphatic heterocycles. The maximum atomic E-state index is 12.8. The fraction of sp³-hybridized carbons (Fsp3) is 0.316. The Labute approximate surface area is 163 Å². The maximum Gasteiger partial charge on any atom is 0.293 e. The zero-order valence-electron chi connectivity index (χ0n) is 15.4. The summed E-state index contributed by atoms with van der Waals surface area (Å²) in [6.07, 6.45) is 2.70. The van der Waals surface area contributed by atoms with Crippen LogP contribution in [-0.2, 0) is 10.0 Å². The van der Waals surface area contributed by atoms with E-state index in [1.165, 1.54) is 41.6 Å². The van der Waals surface area contributed by atoms with Gasteiger partial charge in [0.1, 0.15) is 5.69 Å². The van der Waals surface area contributed by atoms with Gasteiger partial charge < -0.3 is 5.32 Å². The minimum absolute atomic E-state index is 0.141. The van der Waals surface area contributed by atoms with E-state index in [1.54, 1.807) is 12.1 Å². The van der Waals surface area contributed by atoms with Crippen LogP contribution in [-0.4, -0.2) is 36.5 Å². The van der Waals surface area contributed by atoms with E-state index in [4.69, 9.17) is 0 Å². The molecule has 0 aliphatic carbocycles. The summed E-state index contributed by atoms with van der Waals surface area (Å²) in [4.78, 5) is 22.4. The molecule has 1 N–H and O–H groups in total. The number of Topliss-reactive ketones (excluding diaryl/α,β-unsaturated/α-hetero) is 1. The van der Waals surface area contributed by atoms with Gasteiger partial charge in [-0.2, -0.15) is 4.31 Å². The largest absolute Gasteiger partial charge is 0.350 e. The van der Waals surface area contributed by atoms with Gasteiger partial charge in [0.15, 0.2) is 5.78 Å². The van der Waals surface area contributed by atoms with Gasteiger partial charge in [-0.15, -0.1) is 0 Å². The van der Waals surface area contributed by atoms with Gasteiger partial charge in [0.2, 0.25) is 10.0 Å². The second kappa shape index (κ2) is 8.07. The van der Waals surface area contributed by atoms with Crippen LogP contribution in [0.2, 0.25) is 0 Å². The van der Waals surface area contributed by atoms with Crippen molar-refractivity contribution in [2.45, 2.75) is 31.1 Å². The maximum absolute atomic E-state index is 12.8. The Morgan fingerprint density at radius 2 is 1.82 bits per heavy atom. The number of anilines is 2. The van der Waals surface area contributed by atoms with Gasteiger partial charge >= 0.3 is 0 Å². The Morgan fingerprint density at radius 3 is 2.46 bits per heavy atom. The van der Waals surface area contributed by atoms with Crippen LogP contribution in [0.5, 0.6) is 0 Å². The molecule has 148 valence electrons. The van der Waals surface area contributed by atoms with Gasteiger partial charge in [0.05, 0.1) is 9.82 Å². The Kier molecular flexibility index (Phi) is 5.76. The molecule has 8 nitrogen and oxygen atoms in total. The van der Waals surface area contributed by atoms with E-state index in [1.807, 2.05) is 0 Å². The Bertz CT molecular complexity index is 1010. The summed E-state index contributed by atoms with van der Waals surface area (Å²) in [5, 5.41) is 14.3. The molecule has 0 saturated carbocycles. The number of ketones is 1. The molecule has 2 aromatic carbocycles. The van der Waals surface area contributed by atoms with Gasteiger partial charge in [-0.25, -0.2) is 8.42 Å². The monoisotopic (exact) mass is 403 g/mol. The summed E-state index contributed by atoms with van der Waals surface area (Å²) < 4.78 is 27.2. The number of carbonyl (C=O) groups is 1. The zero-order chi connectivity index (χ0) is 20.3. The van der Waals surface area contributed by atoms with E-state index in [-0.39, 0.29) is 27.6 Å². The number of nitrogens with one attached hydrogen (secondary N) is 1. The molecule has 9 heteroatoms. The van der Waals surface area contributed by atoms with E-state index in [9.17, 15) is 23.3 Å². The smallest absolute Gasteiger partial charge is 0.293 e. The van der Waals surface area contributed by atoms with Crippen molar-refractivity contribution in [2.24, 2.45) is 0 Å². The van der Waals surface area contributed by atoms with Crippen LogP contribution in [0, 0.1) is 10.1 Å². The van der Waals surface area contributed by atoms with Crippen molar-refractivity contribution in [2.75, 3.05) is 18.4 Å². The second-order valence-electron chi connectivity index (χ2n) is 6.66. The molecule has 1 fully saturated rings. The summed E-state index contributed by atoms with van der Waals surface area (Å²) in [5.41, 5.74) is 0.579. The van der Waals surface area contributed by atoms with Crippen molar-refractivity contribution in [1.82, 2.24) is 4.31 Å². The summed E-state index contributed by atoms with van der Waals surface area (Å²) in [5.74, 6) is -0.274. The Morgan fingerprint density at radius 1 is 1.11 bits per heavy atom. The van der Waals surface area contributed by atoms with Gasteiger partial charge in [-0.3, -0.25) is 14.9 Å². The molecule has 2 aromatic rings. The average molecular weight is 403 g/mol. The SMILES string of the molecule is CC(=O)c1ccc(Nc2cccc(S(=O)(=O)N3CCCCC3)c2)c([N+](=O)[O-])c1. The van der Waals surface area contributed by atoms with Gasteiger partial charge in [0, 0.05) is 30.4 Å². The standard InChI is InChI=1S/C19H21N3O5S/c1-14(23)15-8-9-18(19(12-15)22(24)25)20-16-6-5-7-17(13-16)28(26,27)21-10-3-2-4-11-21/h5-9,12-13,20H,2-4,10-11H2,1H3.